The SMILES string of the molecule is CCc1c(C(=O)O)sc(C(F)(F)F)c1-c1ccccc1. The van der Waals surface area contributed by atoms with Gasteiger partial charge in [0.05, 0.1) is 0 Å². The van der Waals surface area contributed by atoms with Crippen LogP contribution in [0.1, 0.15) is 27.0 Å². The molecule has 6 heteroatoms. The summed E-state index contributed by atoms with van der Waals surface area (Å²) in [5, 5.41) is 9.09. The summed E-state index contributed by atoms with van der Waals surface area (Å²) < 4.78 is 39.4. The maximum absolute atomic E-state index is 13.1. The molecule has 0 spiro atoms. The van der Waals surface area contributed by atoms with Gasteiger partial charge in [-0.15, -0.1) is 11.3 Å². The molecule has 2 nitrogen and oxygen atoms in total. The second kappa shape index (κ2) is 5.28. The molecule has 0 saturated heterocycles. The van der Waals surface area contributed by atoms with E-state index in [9.17, 15) is 18.0 Å². The van der Waals surface area contributed by atoms with E-state index in [4.69, 9.17) is 5.11 Å². The molecule has 0 unspecified atom stereocenters. The van der Waals surface area contributed by atoms with Gasteiger partial charge in [-0.3, -0.25) is 0 Å². The fraction of sp³-hybridized carbons (Fsp3) is 0.214. The van der Waals surface area contributed by atoms with Crippen LogP contribution in [-0.4, -0.2) is 11.1 Å². The van der Waals surface area contributed by atoms with Gasteiger partial charge in [0.1, 0.15) is 9.75 Å². The van der Waals surface area contributed by atoms with Crippen molar-refractivity contribution in [1.82, 2.24) is 0 Å². The summed E-state index contributed by atoms with van der Waals surface area (Å²) in [6.07, 6.45) is -4.33. The molecule has 0 fully saturated rings. The number of hydrogen-bond donors (Lipinski definition) is 1. The third-order valence-corrected chi connectivity index (χ3v) is 4.14. The summed E-state index contributed by atoms with van der Waals surface area (Å²) >= 11 is 0.296. The van der Waals surface area contributed by atoms with Crippen molar-refractivity contribution in [3.8, 4) is 11.1 Å². The second-order valence-electron chi connectivity index (χ2n) is 4.14. The van der Waals surface area contributed by atoms with Crippen LogP contribution < -0.4 is 0 Å². The third kappa shape index (κ3) is 2.56. The van der Waals surface area contributed by atoms with E-state index in [1.807, 2.05) is 0 Å². The lowest BCUT2D eigenvalue weighted by Gasteiger charge is -2.09. The van der Waals surface area contributed by atoms with Gasteiger partial charge in [-0.1, -0.05) is 37.3 Å². The summed E-state index contributed by atoms with van der Waals surface area (Å²) in [4.78, 5) is 10.1. The molecular weight excluding hydrogens is 289 g/mol. The number of benzene rings is 1. The zero-order valence-corrected chi connectivity index (χ0v) is 11.3. The summed E-state index contributed by atoms with van der Waals surface area (Å²) in [6, 6.07) is 8.08. The molecule has 0 amide bonds. The Morgan fingerprint density at radius 3 is 2.30 bits per heavy atom. The Kier molecular flexibility index (Phi) is 3.85. The van der Waals surface area contributed by atoms with Gasteiger partial charge in [0, 0.05) is 5.56 Å². The smallest absolute Gasteiger partial charge is 0.426 e. The lowest BCUT2D eigenvalue weighted by molar-refractivity contribution is -0.133. The number of carboxylic acid groups (broad SMARTS) is 1. The highest BCUT2D eigenvalue weighted by atomic mass is 32.1. The minimum atomic E-state index is -4.56. The van der Waals surface area contributed by atoms with Crippen molar-refractivity contribution in [1.29, 1.82) is 0 Å². The molecule has 0 aliphatic rings. The van der Waals surface area contributed by atoms with Crippen LogP contribution in [0.15, 0.2) is 30.3 Å². The molecule has 2 aromatic rings. The summed E-state index contributed by atoms with van der Waals surface area (Å²) in [5.74, 6) is -1.32. The maximum Gasteiger partial charge on any atom is 0.426 e. The van der Waals surface area contributed by atoms with Crippen molar-refractivity contribution in [2.75, 3.05) is 0 Å². The average Bonchev–Trinajstić information content (AvgIpc) is 2.79. The Balaban J connectivity index is 2.79. The van der Waals surface area contributed by atoms with Crippen LogP contribution in [0.4, 0.5) is 13.2 Å². The Hall–Kier alpha value is -1.82. The molecule has 1 aromatic carbocycles. The van der Waals surface area contributed by atoms with Crippen LogP contribution >= 0.6 is 11.3 Å². The van der Waals surface area contributed by atoms with Gasteiger partial charge in [0.15, 0.2) is 0 Å². The first kappa shape index (κ1) is 14.6. The molecular formula is C14H11F3O2S. The zero-order valence-electron chi connectivity index (χ0n) is 10.5. The zero-order chi connectivity index (χ0) is 14.9. The van der Waals surface area contributed by atoms with Gasteiger partial charge in [-0.2, -0.15) is 13.2 Å². The summed E-state index contributed by atoms with van der Waals surface area (Å²) in [6.45, 7) is 1.65. The predicted molar refractivity (Wildman–Crippen MR) is 71.1 cm³/mol. The number of hydrogen-bond acceptors (Lipinski definition) is 2. The molecule has 2 rings (SSSR count). The standard InChI is InChI=1S/C14H11F3O2S/c1-2-9-10(8-6-4-3-5-7-8)12(14(15,16)17)20-11(9)13(18)19/h3-7H,2H2,1H3,(H,18,19). The highest BCUT2D eigenvalue weighted by Gasteiger charge is 2.39. The monoisotopic (exact) mass is 300 g/mol. The first-order valence-electron chi connectivity index (χ1n) is 5.87. The lowest BCUT2D eigenvalue weighted by Crippen LogP contribution is -2.04. The van der Waals surface area contributed by atoms with Gasteiger partial charge in [0.25, 0.3) is 0 Å². The summed E-state index contributed by atoms with van der Waals surface area (Å²) in [7, 11) is 0. The number of alkyl halides is 3. The number of halogens is 3. The first-order chi connectivity index (χ1) is 9.36. The van der Waals surface area contributed by atoms with Crippen LogP contribution in [0.3, 0.4) is 0 Å². The quantitative estimate of drug-likeness (QED) is 0.892. The minimum absolute atomic E-state index is 0.0111. The third-order valence-electron chi connectivity index (χ3n) is 2.87. The van der Waals surface area contributed by atoms with E-state index in [0.717, 1.165) is 0 Å². The molecule has 0 saturated carbocycles. The molecule has 1 heterocycles. The number of aromatic carboxylic acids is 1. The van der Waals surface area contributed by atoms with Crippen molar-refractivity contribution in [2.24, 2.45) is 0 Å². The highest BCUT2D eigenvalue weighted by molar-refractivity contribution is 7.14. The predicted octanol–water partition coefficient (Wildman–Crippen LogP) is 4.69. The minimum Gasteiger partial charge on any atom is -0.477 e. The number of rotatable bonds is 3. The van der Waals surface area contributed by atoms with Crippen LogP contribution in [0, 0.1) is 0 Å². The van der Waals surface area contributed by atoms with Crippen molar-refractivity contribution in [3.63, 3.8) is 0 Å². The summed E-state index contributed by atoms with van der Waals surface area (Å²) in [5.41, 5.74) is 0.615. The maximum atomic E-state index is 13.1. The van der Waals surface area contributed by atoms with Crippen LogP contribution in [0.5, 0.6) is 0 Å². The highest BCUT2D eigenvalue weighted by Crippen LogP contribution is 2.45. The molecule has 0 radical (unpaired) electrons. The Morgan fingerprint density at radius 2 is 1.85 bits per heavy atom. The Labute approximate surface area is 117 Å². The van der Waals surface area contributed by atoms with E-state index in [1.54, 1.807) is 37.3 Å². The van der Waals surface area contributed by atoms with E-state index >= 15 is 0 Å². The normalized spacial score (nSPS) is 11.6. The van der Waals surface area contributed by atoms with Crippen molar-refractivity contribution in [2.45, 2.75) is 19.5 Å². The number of thiophene rings is 1. The van der Waals surface area contributed by atoms with E-state index < -0.39 is 17.0 Å². The molecule has 0 atom stereocenters. The first-order valence-corrected chi connectivity index (χ1v) is 6.69. The molecule has 1 N–H and O–H groups in total. The van der Waals surface area contributed by atoms with Gasteiger partial charge >= 0.3 is 12.1 Å². The molecule has 0 aliphatic heterocycles. The Morgan fingerprint density at radius 1 is 1.25 bits per heavy atom. The second-order valence-corrected chi connectivity index (χ2v) is 5.16. The largest absolute Gasteiger partial charge is 0.477 e. The fourth-order valence-electron chi connectivity index (χ4n) is 2.09. The van der Waals surface area contributed by atoms with Gasteiger partial charge < -0.3 is 5.11 Å². The molecule has 1 aromatic heterocycles. The van der Waals surface area contributed by atoms with Gasteiger partial charge in [-0.05, 0) is 17.5 Å². The van der Waals surface area contributed by atoms with E-state index in [2.05, 4.69) is 0 Å². The molecule has 20 heavy (non-hydrogen) atoms. The molecule has 106 valence electrons. The van der Waals surface area contributed by atoms with E-state index in [-0.39, 0.29) is 22.4 Å². The van der Waals surface area contributed by atoms with E-state index in [0.29, 0.717) is 16.9 Å². The average molecular weight is 300 g/mol. The van der Waals surface area contributed by atoms with Crippen LogP contribution in [-0.2, 0) is 12.6 Å². The van der Waals surface area contributed by atoms with Crippen molar-refractivity contribution < 1.29 is 23.1 Å². The van der Waals surface area contributed by atoms with Gasteiger partial charge in [0.2, 0.25) is 0 Å². The van der Waals surface area contributed by atoms with Crippen molar-refractivity contribution in [3.05, 3.63) is 45.6 Å². The van der Waals surface area contributed by atoms with Crippen LogP contribution in [0.25, 0.3) is 11.1 Å². The van der Waals surface area contributed by atoms with Gasteiger partial charge in [-0.25, -0.2) is 4.79 Å². The molecule has 0 aliphatic carbocycles. The van der Waals surface area contributed by atoms with Crippen LogP contribution in [0.2, 0.25) is 0 Å². The fourth-order valence-corrected chi connectivity index (χ4v) is 3.20. The van der Waals surface area contributed by atoms with Crippen molar-refractivity contribution >= 4 is 17.3 Å². The molecule has 0 bridgehead atoms. The number of carboxylic acids is 1. The van der Waals surface area contributed by atoms with E-state index in [1.165, 1.54) is 0 Å². The lowest BCUT2D eigenvalue weighted by atomic mass is 9.98. The topological polar surface area (TPSA) is 37.3 Å². The Bertz CT molecular complexity index is 630. The number of carbonyl (C=O) groups is 1.